The van der Waals surface area contributed by atoms with Gasteiger partial charge in [0.25, 0.3) is 0 Å². The van der Waals surface area contributed by atoms with Gasteiger partial charge in [-0.15, -0.1) is 0 Å². The molecular formula is C18H13ClN4. The fourth-order valence-electron chi connectivity index (χ4n) is 2.55. The number of aromatic amines is 1. The number of nitrogens with zero attached hydrogens (tertiary/aromatic N) is 2. The third kappa shape index (κ3) is 2.76. The summed E-state index contributed by atoms with van der Waals surface area (Å²) in [6.45, 7) is 0. The molecule has 23 heavy (non-hydrogen) atoms. The second-order valence-electron chi connectivity index (χ2n) is 5.17. The molecule has 0 amide bonds. The van der Waals surface area contributed by atoms with Crippen molar-refractivity contribution in [3.8, 4) is 11.3 Å². The average molecular weight is 321 g/mol. The summed E-state index contributed by atoms with van der Waals surface area (Å²) in [6.07, 6.45) is 1.77. The summed E-state index contributed by atoms with van der Waals surface area (Å²) in [5.74, 6) is 1.48. The minimum atomic E-state index is 0.712. The average Bonchev–Trinajstić information content (AvgIpc) is 3.08. The van der Waals surface area contributed by atoms with Crippen LogP contribution in [0.15, 0.2) is 66.9 Å². The Bertz CT molecular complexity index is 947. The summed E-state index contributed by atoms with van der Waals surface area (Å²) in [5.41, 5.74) is 1.94. The SMILES string of the molecule is Clc1ccc(-c2nc(Nc3cc[nH]n3)cc3ccccc23)cc1. The molecule has 0 fully saturated rings. The van der Waals surface area contributed by atoms with Crippen LogP contribution >= 0.6 is 11.6 Å². The van der Waals surface area contributed by atoms with Crippen molar-refractivity contribution in [2.75, 3.05) is 5.32 Å². The Hall–Kier alpha value is -2.85. The molecule has 0 saturated carbocycles. The molecule has 4 aromatic rings. The third-order valence-electron chi connectivity index (χ3n) is 3.61. The van der Waals surface area contributed by atoms with Crippen LogP contribution in [0.3, 0.4) is 0 Å². The van der Waals surface area contributed by atoms with Gasteiger partial charge in [-0.3, -0.25) is 5.10 Å². The molecule has 112 valence electrons. The van der Waals surface area contributed by atoms with Crippen molar-refractivity contribution in [1.29, 1.82) is 0 Å². The Morgan fingerprint density at radius 1 is 0.913 bits per heavy atom. The van der Waals surface area contributed by atoms with E-state index in [4.69, 9.17) is 16.6 Å². The molecule has 2 aromatic heterocycles. The number of benzene rings is 2. The lowest BCUT2D eigenvalue weighted by Crippen LogP contribution is -1.96. The Labute approximate surface area is 138 Å². The number of pyridine rings is 1. The molecule has 0 unspecified atom stereocenters. The van der Waals surface area contributed by atoms with Crippen LogP contribution in [0.4, 0.5) is 11.6 Å². The molecule has 0 bridgehead atoms. The van der Waals surface area contributed by atoms with E-state index in [2.05, 4.69) is 27.6 Å². The fraction of sp³-hybridized carbons (Fsp3) is 0. The molecule has 0 spiro atoms. The minimum absolute atomic E-state index is 0.712. The molecule has 0 aliphatic rings. The molecule has 2 aromatic carbocycles. The van der Waals surface area contributed by atoms with Gasteiger partial charge in [0.2, 0.25) is 0 Å². The van der Waals surface area contributed by atoms with Crippen molar-refractivity contribution in [3.05, 3.63) is 71.9 Å². The van der Waals surface area contributed by atoms with Gasteiger partial charge in [-0.1, -0.05) is 48.0 Å². The molecule has 4 nitrogen and oxygen atoms in total. The van der Waals surface area contributed by atoms with Crippen molar-refractivity contribution in [2.24, 2.45) is 0 Å². The number of hydrogen-bond acceptors (Lipinski definition) is 3. The molecule has 2 N–H and O–H groups in total. The molecule has 5 heteroatoms. The van der Waals surface area contributed by atoms with Gasteiger partial charge in [0, 0.05) is 28.2 Å². The molecule has 0 atom stereocenters. The summed E-state index contributed by atoms with van der Waals surface area (Å²) in [6, 6.07) is 19.8. The Morgan fingerprint density at radius 3 is 2.52 bits per heavy atom. The van der Waals surface area contributed by atoms with E-state index in [1.807, 2.05) is 48.5 Å². The zero-order chi connectivity index (χ0) is 15.6. The summed E-state index contributed by atoms with van der Waals surface area (Å²) < 4.78 is 0. The Balaban J connectivity index is 1.88. The van der Waals surface area contributed by atoms with Gasteiger partial charge in [-0.2, -0.15) is 5.10 Å². The number of anilines is 2. The highest BCUT2D eigenvalue weighted by Gasteiger charge is 2.09. The summed E-state index contributed by atoms with van der Waals surface area (Å²) >= 11 is 6.00. The number of rotatable bonds is 3. The van der Waals surface area contributed by atoms with Gasteiger partial charge >= 0.3 is 0 Å². The number of nitrogens with one attached hydrogen (secondary N) is 2. The van der Waals surface area contributed by atoms with Crippen LogP contribution in [0, 0.1) is 0 Å². The topological polar surface area (TPSA) is 53.6 Å². The van der Waals surface area contributed by atoms with Crippen molar-refractivity contribution in [1.82, 2.24) is 15.2 Å². The van der Waals surface area contributed by atoms with E-state index >= 15 is 0 Å². The largest absolute Gasteiger partial charge is 0.323 e. The first-order valence-corrected chi connectivity index (χ1v) is 7.60. The normalized spacial score (nSPS) is 10.8. The van der Waals surface area contributed by atoms with Crippen molar-refractivity contribution < 1.29 is 0 Å². The van der Waals surface area contributed by atoms with E-state index in [-0.39, 0.29) is 0 Å². The molecular weight excluding hydrogens is 308 g/mol. The predicted octanol–water partition coefficient (Wildman–Crippen LogP) is 5.02. The molecule has 4 rings (SSSR count). The Kier molecular flexibility index (Phi) is 3.44. The zero-order valence-electron chi connectivity index (χ0n) is 12.1. The highest BCUT2D eigenvalue weighted by atomic mass is 35.5. The maximum absolute atomic E-state index is 6.00. The first-order chi connectivity index (χ1) is 11.3. The Morgan fingerprint density at radius 2 is 1.74 bits per heavy atom. The second-order valence-corrected chi connectivity index (χ2v) is 5.61. The molecule has 0 saturated heterocycles. The first-order valence-electron chi connectivity index (χ1n) is 7.22. The van der Waals surface area contributed by atoms with Gasteiger partial charge in [-0.05, 0) is 23.6 Å². The van der Waals surface area contributed by atoms with E-state index in [9.17, 15) is 0 Å². The predicted molar refractivity (Wildman–Crippen MR) is 94.1 cm³/mol. The van der Waals surface area contributed by atoms with Gasteiger partial charge < -0.3 is 5.32 Å². The van der Waals surface area contributed by atoms with Crippen LogP contribution in [-0.4, -0.2) is 15.2 Å². The smallest absolute Gasteiger partial charge is 0.153 e. The van der Waals surface area contributed by atoms with Crippen LogP contribution in [0.2, 0.25) is 5.02 Å². The number of fused-ring (bicyclic) bond motifs is 1. The van der Waals surface area contributed by atoms with Crippen molar-refractivity contribution in [3.63, 3.8) is 0 Å². The van der Waals surface area contributed by atoms with Gasteiger partial charge in [0.1, 0.15) is 5.82 Å². The molecule has 0 aliphatic carbocycles. The quantitative estimate of drug-likeness (QED) is 0.557. The van der Waals surface area contributed by atoms with Crippen LogP contribution in [0.5, 0.6) is 0 Å². The first kappa shape index (κ1) is 13.8. The van der Waals surface area contributed by atoms with Crippen LogP contribution in [0.25, 0.3) is 22.0 Å². The van der Waals surface area contributed by atoms with Crippen LogP contribution in [0.1, 0.15) is 0 Å². The number of halogens is 1. The molecule has 0 radical (unpaired) electrons. The fourth-order valence-corrected chi connectivity index (χ4v) is 2.68. The summed E-state index contributed by atoms with van der Waals surface area (Å²) in [7, 11) is 0. The van der Waals surface area contributed by atoms with Crippen molar-refractivity contribution in [2.45, 2.75) is 0 Å². The molecule has 2 heterocycles. The van der Waals surface area contributed by atoms with Gasteiger partial charge in [0.05, 0.1) is 5.69 Å². The number of H-pyrrole nitrogens is 1. The van der Waals surface area contributed by atoms with E-state index in [1.165, 1.54) is 0 Å². The minimum Gasteiger partial charge on any atom is -0.323 e. The van der Waals surface area contributed by atoms with E-state index < -0.39 is 0 Å². The third-order valence-corrected chi connectivity index (χ3v) is 3.87. The summed E-state index contributed by atoms with van der Waals surface area (Å²) in [4.78, 5) is 4.77. The maximum atomic E-state index is 6.00. The monoisotopic (exact) mass is 320 g/mol. The lowest BCUT2D eigenvalue weighted by molar-refractivity contribution is 1.09. The van der Waals surface area contributed by atoms with Crippen LogP contribution in [-0.2, 0) is 0 Å². The molecule has 0 aliphatic heterocycles. The lowest BCUT2D eigenvalue weighted by Gasteiger charge is -2.10. The van der Waals surface area contributed by atoms with E-state index in [0.717, 1.165) is 33.7 Å². The van der Waals surface area contributed by atoms with E-state index in [1.54, 1.807) is 6.20 Å². The summed E-state index contributed by atoms with van der Waals surface area (Å²) in [5, 5.41) is 13.0. The zero-order valence-corrected chi connectivity index (χ0v) is 12.9. The highest BCUT2D eigenvalue weighted by Crippen LogP contribution is 2.30. The standard InChI is InChI=1S/C18H13ClN4/c19-14-7-5-12(6-8-14)18-15-4-2-1-3-13(15)11-17(22-18)21-16-9-10-20-23-16/h1-11H,(H2,20,21,22,23). The lowest BCUT2D eigenvalue weighted by atomic mass is 10.0. The highest BCUT2D eigenvalue weighted by molar-refractivity contribution is 6.30. The van der Waals surface area contributed by atoms with Crippen molar-refractivity contribution >= 4 is 34.0 Å². The second kappa shape index (κ2) is 5.74. The van der Waals surface area contributed by atoms with Gasteiger partial charge in [0.15, 0.2) is 5.82 Å². The number of hydrogen-bond donors (Lipinski definition) is 2. The van der Waals surface area contributed by atoms with Gasteiger partial charge in [-0.25, -0.2) is 4.98 Å². The maximum Gasteiger partial charge on any atom is 0.153 e. The van der Waals surface area contributed by atoms with Crippen LogP contribution < -0.4 is 5.32 Å². The van der Waals surface area contributed by atoms with E-state index in [0.29, 0.717) is 5.02 Å². The number of aromatic nitrogens is 3.